The first-order chi connectivity index (χ1) is 13.1. The number of hydrogen-bond acceptors (Lipinski definition) is 4. The second kappa shape index (κ2) is 7.21. The van der Waals surface area contributed by atoms with Gasteiger partial charge in [0.1, 0.15) is 5.75 Å². The number of amides is 1. The first kappa shape index (κ1) is 17.2. The monoisotopic (exact) mass is 377 g/mol. The van der Waals surface area contributed by atoms with E-state index >= 15 is 0 Å². The summed E-state index contributed by atoms with van der Waals surface area (Å²) in [6.45, 7) is 0. The number of carbonyl (C=O) groups is 1. The normalized spacial score (nSPS) is 16.3. The van der Waals surface area contributed by atoms with Crippen LogP contribution < -0.4 is 0 Å². The van der Waals surface area contributed by atoms with Crippen LogP contribution in [-0.4, -0.2) is 26.7 Å². The molecule has 1 amide bonds. The lowest BCUT2D eigenvalue weighted by molar-refractivity contribution is 0.0709. The Kier molecular flexibility index (Phi) is 4.60. The first-order valence-corrected chi connectivity index (χ1v) is 8.86. The zero-order chi connectivity index (χ0) is 18.8. The number of benzene rings is 2. The van der Waals surface area contributed by atoms with E-state index in [1.165, 1.54) is 11.2 Å². The Labute approximate surface area is 161 Å². The van der Waals surface area contributed by atoms with E-state index in [2.05, 4.69) is 10.1 Å². The minimum absolute atomic E-state index is 0.138. The number of hydrogen-bond donors (Lipinski definition) is 1. The Hall–Kier alpha value is -3.18. The Balaban J connectivity index is 1.75. The molecule has 1 unspecified atom stereocenters. The topological polar surface area (TPSA) is 65.8 Å². The zero-order valence-electron chi connectivity index (χ0n) is 14.3. The molecule has 0 saturated carbocycles. The molecule has 4 rings (SSSR count). The zero-order valence-corrected chi connectivity index (χ0v) is 15.0. The van der Waals surface area contributed by atoms with E-state index < -0.39 is 6.04 Å². The van der Waals surface area contributed by atoms with Gasteiger partial charge in [0.2, 0.25) is 0 Å². The number of aromatic hydroxyl groups is 1. The van der Waals surface area contributed by atoms with E-state index in [9.17, 15) is 9.90 Å². The second-order valence-corrected chi connectivity index (χ2v) is 6.66. The van der Waals surface area contributed by atoms with Crippen molar-refractivity contribution in [1.29, 1.82) is 0 Å². The summed E-state index contributed by atoms with van der Waals surface area (Å²) >= 11 is 5.98. The second-order valence-electron chi connectivity index (χ2n) is 6.22. The van der Waals surface area contributed by atoms with Gasteiger partial charge in [-0.3, -0.25) is 9.78 Å². The van der Waals surface area contributed by atoms with Crippen molar-refractivity contribution in [3.8, 4) is 5.75 Å². The van der Waals surface area contributed by atoms with Crippen molar-refractivity contribution in [2.75, 3.05) is 0 Å². The highest BCUT2D eigenvalue weighted by Gasteiger charge is 2.35. The van der Waals surface area contributed by atoms with Crippen LogP contribution in [0.25, 0.3) is 0 Å². The Morgan fingerprint density at radius 3 is 2.56 bits per heavy atom. The van der Waals surface area contributed by atoms with E-state index in [-0.39, 0.29) is 11.7 Å². The third kappa shape index (κ3) is 3.41. The maximum Gasteiger partial charge on any atom is 0.276 e. The number of carbonyl (C=O) groups excluding carboxylic acids is 1. The van der Waals surface area contributed by atoms with Crippen LogP contribution in [0.5, 0.6) is 5.75 Å². The number of phenols is 1. The fraction of sp³-hybridized carbons (Fsp3) is 0.0952. The van der Waals surface area contributed by atoms with E-state index in [1.807, 2.05) is 24.3 Å². The minimum atomic E-state index is -0.399. The van der Waals surface area contributed by atoms with E-state index in [0.29, 0.717) is 22.6 Å². The molecular formula is C21H16ClN3O2. The standard InChI is InChI=1S/C21H16ClN3O2/c22-16-9-7-14(8-10-16)18-12-19(17-5-1-2-6-20(17)26)25(24-18)21(27)15-4-3-11-23-13-15/h1-11,13,19,26H,12H2. The SMILES string of the molecule is O=C(c1cccnc1)N1N=C(c2ccc(Cl)cc2)CC1c1ccccc1O. The third-order valence-corrected chi connectivity index (χ3v) is 4.75. The van der Waals surface area contributed by atoms with Crippen molar-refractivity contribution in [1.82, 2.24) is 9.99 Å². The molecule has 2 heterocycles. The fourth-order valence-corrected chi connectivity index (χ4v) is 3.27. The molecule has 0 aliphatic carbocycles. The van der Waals surface area contributed by atoms with Crippen LogP contribution in [0.3, 0.4) is 0 Å². The van der Waals surface area contributed by atoms with Gasteiger partial charge >= 0.3 is 0 Å². The molecule has 0 fully saturated rings. The number of para-hydroxylation sites is 1. The Morgan fingerprint density at radius 2 is 1.85 bits per heavy atom. The molecule has 1 atom stereocenters. The van der Waals surface area contributed by atoms with Gasteiger partial charge in [0.15, 0.2) is 0 Å². The highest BCUT2D eigenvalue weighted by atomic mass is 35.5. The molecule has 1 aromatic heterocycles. The third-order valence-electron chi connectivity index (χ3n) is 4.50. The Morgan fingerprint density at radius 1 is 1.07 bits per heavy atom. The van der Waals surface area contributed by atoms with E-state index in [0.717, 1.165) is 11.3 Å². The molecule has 0 bridgehead atoms. The number of rotatable bonds is 3. The summed E-state index contributed by atoms with van der Waals surface area (Å²) in [7, 11) is 0. The molecular weight excluding hydrogens is 362 g/mol. The lowest BCUT2D eigenvalue weighted by Gasteiger charge is -2.22. The summed E-state index contributed by atoms with van der Waals surface area (Å²) in [5.41, 5.74) is 2.75. The lowest BCUT2D eigenvalue weighted by Crippen LogP contribution is -2.27. The van der Waals surface area contributed by atoms with Gasteiger partial charge in [-0.2, -0.15) is 5.10 Å². The molecule has 1 N–H and O–H groups in total. The van der Waals surface area contributed by atoms with Gasteiger partial charge in [0.05, 0.1) is 17.3 Å². The van der Waals surface area contributed by atoms with Crippen LogP contribution in [-0.2, 0) is 0 Å². The van der Waals surface area contributed by atoms with Gasteiger partial charge in [0.25, 0.3) is 5.91 Å². The lowest BCUT2D eigenvalue weighted by atomic mass is 9.97. The van der Waals surface area contributed by atoms with Crippen molar-refractivity contribution < 1.29 is 9.90 Å². The van der Waals surface area contributed by atoms with Gasteiger partial charge in [-0.1, -0.05) is 41.9 Å². The van der Waals surface area contributed by atoms with E-state index in [1.54, 1.807) is 42.6 Å². The van der Waals surface area contributed by atoms with E-state index in [4.69, 9.17) is 11.6 Å². The summed E-state index contributed by atoms with van der Waals surface area (Å²) in [4.78, 5) is 17.1. The van der Waals surface area contributed by atoms with Crippen LogP contribution in [0.2, 0.25) is 5.02 Å². The number of nitrogens with zero attached hydrogens (tertiary/aromatic N) is 3. The number of phenolic OH excluding ortho intramolecular Hbond substituents is 1. The molecule has 3 aromatic rings. The van der Waals surface area contributed by atoms with Gasteiger partial charge in [-0.15, -0.1) is 0 Å². The number of hydrazone groups is 1. The maximum absolute atomic E-state index is 13.0. The largest absolute Gasteiger partial charge is 0.508 e. The molecule has 2 aromatic carbocycles. The average molecular weight is 378 g/mol. The number of halogens is 1. The van der Waals surface area contributed by atoms with Crippen molar-refractivity contribution in [3.05, 3.63) is 94.8 Å². The molecule has 134 valence electrons. The van der Waals surface area contributed by atoms with Crippen LogP contribution in [0.15, 0.2) is 78.2 Å². The first-order valence-electron chi connectivity index (χ1n) is 8.48. The molecule has 1 aliphatic rings. The van der Waals surface area contributed by atoms with Gasteiger partial charge in [-0.25, -0.2) is 5.01 Å². The molecule has 0 saturated heterocycles. The fourth-order valence-electron chi connectivity index (χ4n) is 3.15. The predicted octanol–water partition coefficient (Wildman–Crippen LogP) is 4.43. The molecule has 6 heteroatoms. The summed E-state index contributed by atoms with van der Waals surface area (Å²) in [6, 6.07) is 17.4. The summed E-state index contributed by atoms with van der Waals surface area (Å²) in [5, 5.41) is 17.0. The van der Waals surface area contributed by atoms with Crippen LogP contribution >= 0.6 is 11.6 Å². The quantitative estimate of drug-likeness (QED) is 0.734. The summed E-state index contributed by atoms with van der Waals surface area (Å²) in [5.74, 6) is -0.126. The van der Waals surface area contributed by atoms with Crippen molar-refractivity contribution >= 4 is 23.2 Å². The summed E-state index contributed by atoms with van der Waals surface area (Å²) < 4.78 is 0. The smallest absolute Gasteiger partial charge is 0.276 e. The highest BCUT2D eigenvalue weighted by molar-refractivity contribution is 6.30. The van der Waals surface area contributed by atoms with Gasteiger partial charge < -0.3 is 5.11 Å². The van der Waals surface area contributed by atoms with Gasteiger partial charge in [0, 0.05) is 29.4 Å². The van der Waals surface area contributed by atoms with Gasteiger partial charge in [-0.05, 0) is 35.9 Å². The molecule has 27 heavy (non-hydrogen) atoms. The van der Waals surface area contributed by atoms with Crippen LogP contribution in [0.1, 0.15) is 33.9 Å². The van der Waals surface area contributed by atoms with Crippen molar-refractivity contribution in [2.24, 2.45) is 5.10 Å². The molecule has 5 nitrogen and oxygen atoms in total. The van der Waals surface area contributed by atoms with Crippen molar-refractivity contribution in [3.63, 3.8) is 0 Å². The minimum Gasteiger partial charge on any atom is -0.508 e. The number of pyridine rings is 1. The average Bonchev–Trinajstić information content (AvgIpc) is 3.14. The predicted molar refractivity (Wildman–Crippen MR) is 104 cm³/mol. The molecule has 1 aliphatic heterocycles. The molecule has 0 spiro atoms. The summed E-state index contributed by atoms with van der Waals surface area (Å²) in [6.07, 6.45) is 3.62. The van der Waals surface area contributed by atoms with Crippen LogP contribution in [0.4, 0.5) is 0 Å². The Bertz CT molecular complexity index is 1000. The molecule has 0 radical (unpaired) electrons. The maximum atomic E-state index is 13.0. The van der Waals surface area contributed by atoms with Crippen molar-refractivity contribution in [2.45, 2.75) is 12.5 Å². The van der Waals surface area contributed by atoms with Crippen LogP contribution in [0, 0.1) is 0 Å². The highest BCUT2D eigenvalue weighted by Crippen LogP contribution is 2.37. The number of aromatic nitrogens is 1.